The van der Waals surface area contributed by atoms with E-state index in [0.717, 1.165) is 11.4 Å². The molecule has 0 aliphatic heterocycles. The normalized spacial score (nSPS) is 11.9. The van der Waals surface area contributed by atoms with E-state index in [4.69, 9.17) is 4.42 Å². The third kappa shape index (κ3) is 5.37. The Balaban J connectivity index is 1.70. The van der Waals surface area contributed by atoms with Crippen LogP contribution in [0.1, 0.15) is 48.5 Å². The summed E-state index contributed by atoms with van der Waals surface area (Å²) in [5.41, 5.74) is 2.34. The first-order valence-corrected chi connectivity index (χ1v) is 12.3. The fraction of sp³-hybridized carbons (Fsp3) is 0.391. The lowest BCUT2D eigenvalue weighted by molar-refractivity contribution is -0.115. The lowest BCUT2D eigenvalue weighted by Gasteiger charge is -2.14. The first-order chi connectivity index (χ1) is 15.4. The molecule has 0 radical (unpaired) electrons. The van der Waals surface area contributed by atoms with Crippen molar-refractivity contribution in [3.05, 3.63) is 52.5 Å². The Kier molecular flexibility index (Phi) is 8.04. The zero-order valence-corrected chi connectivity index (χ0v) is 20.6. The Bertz CT molecular complexity index is 1130. The molecule has 0 saturated heterocycles. The SMILES string of the molecule is CCC(Sc1nnc(CSc2ccc(C)cc2)n1CC)C(=O)Nc1oc(C)c(C)c1C#N. The molecule has 7 nitrogen and oxygen atoms in total. The van der Waals surface area contributed by atoms with Gasteiger partial charge in [0, 0.05) is 17.0 Å². The maximum Gasteiger partial charge on any atom is 0.240 e. The lowest BCUT2D eigenvalue weighted by Crippen LogP contribution is -2.25. The number of carbonyl (C=O) groups excluding carboxylic acids is 1. The smallest absolute Gasteiger partial charge is 0.240 e. The van der Waals surface area contributed by atoms with Gasteiger partial charge >= 0.3 is 0 Å². The van der Waals surface area contributed by atoms with E-state index in [1.165, 1.54) is 22.2 Å². The second-order valence-electron chi connectivity index (χ2n) is 7.35. The van der Waals surface area contributed by atoms with E-state index in [1.807, 2.05) is 18.4 Å². The number of carbonyl (C=O) groups is 1. The van der Waals surface area contributed by atoms with Crippen LogP contribution in [0.3, 0.4) is 0 Å². The molecule has 2 heterocycles. The van der Waals surface area contributed by atoms with Gasteiger partial charge in [0.25, 0.3) is 0 Å². The Hall–Kier alpha value is -2.70. The molecule has 3 aromatic rings. The predicted molar refractivity (Wildman–Crippen MR) is 128 cm³/mol. The molecule has 0 saturated carbocycles. The van der Waals surface area contributed by atoms with Gasteiger partial charge in [-0.2, -0.15) is 5.26 Å². The van der Waals surface area contributed by atoms with Crippen LogP contribution in [0, 0.1) is 32.1 Å². The Morgan fingerprint density at radius 1 is 1.22 bits per heavy atom. The third-order valence-electron chi connectivity index (χ3n) is 5.14. The monoisotopic (exact) mass is 469 g/mol. The molecule has 2 aromatic heterocycles. The van der Waals surface area contributed by atoms with E-state index >= 15 is 0 Å². The van der Waals surface area contributed by atoms with Gasteiger partial charge in [0.05, 0.1) is 11.0 Å². The fourth-order valence-corrected chi connectivity index (χ4v) is 4.98. The number of rotatable bonds is 9. The average Bonchev–Trinajstić information content (AvgIpc) is 3.30. The summed E-state index contributed by atoms with van der Waals surface area (Å²) in [6.07, 6.45) is 0.598. The van der Waals surface area contributed by atoms with Crippen molar-refractivity contribution in [2.24, 2.45) is 0 Å². The summed E-state index contributed by atoms with van der Waals surface area (Å²) < 4.78 is 7.63. The summed E-state index contributed by atoms with van der Waals surface area (Å²) in [7, 11) is 0. The number of benzene rings is 1. The molecule has 0 spiro atoms. The van der Waals surface area contributed by atoms with Crippen LogP contribution in [0.5, 0.6) is 0 Å². The Morgan fingerprint density at radius 3 is 2.56 bits per heavy atom. The Morgan fingerprint density at radius 2 is 1.94 bits per heavy atom. The van der Waals surface area contributed by atoms with Gasteiger partial charge < -0.3 is 8.98 Å². The number of aromatic nitrogens is 3. The van der Waals surface area contributed by atoms with Gasteiger partial charge in [0.1, 0.15) is 23.2 Å². The molecule has 1 unspecified atom stereocenters. The van der Waals surface area contributed by atoms with Gasteiger partial charge in [-0.1, -0.05) is 36.4 Å². The van der Waals surface area contributed by atoms with Crippen molar-refractivity contribution >= 4 is 35.3 Å². The van der Waals surface area contributed by atoms with Crippen LogP contribution < -0.4 is 5.32 Å². The van der Waals surface area contributed by atoms with Gasteiger partial charge in [-0.15, -0.1) is 22.0 Å². The topological polar surface area (TPSA) is 96.7 Å². The number of thioether (sulfide) groups is 2. The highest BCUT2D eigenvalue weighted by Gasteiger charge is 2.25. The Labute approximate surface area is 197 Å². The van der Waals surface area contributed by atoms with E-state index in [2.05, 4.69) is 52.8 Å². The van der Waals surface area contributed by atoms with Crippen LogP contribution in [-0.4, -0.2) is 25.9 Å². The second-order valence-corrected chi connectivity index (χ2v) is 9.57. The summed E-state index contributed by atoms with van der Waals surface area (Å²) in [6, 6.07) is 10.5. The number of aryl methyl sites for hydroxylation is 2. The third-order valence-corrected chi connectivity index (χ3v) is 7.50. The minimum Gasteiger partial charge on any atom is -0.444 e. The number of anilines is 1. The van der Waals surface area contributed by atoms with Crippen molar-refractivity contribution in [2.45, 2.75) is 68.6 Å². The number of nitriles is 1. The summed E-state index contributed by atoms with van der Waals surface area (Å²) in [4.78, 5) is 14.1. The molecule has 1 N–H and O–H groups in total. The zero-order chi connectivity index (χ0) is 23.3. The second kappa shape index (κ2) is 10.7. The summed E-state index contributed by atoms with van der Waals surface area (Å²) >= 11 is 3.09. The van der Waals surface area contributed by atoms with Crippen molar-refractivity contribution in [3.63, 3.8) is 0 Å². The molecule has 0 fully saturated rings. The molecule has 3 rings (SSSR count). The van der Waals surface area contributed by atoms with Gasteiger partial charge in [-0.3, -0.25) is 10.1 Å². The molecule has 1 amide bonds. The standard InChI is InChI=1S/C23H27N5O2S2/c1-6-19(21(29)25-22-18(12-24)15(4)16(5)30-22)32-23-27-26-20(28(23)7-2)13-31-17-10-8-14(3)9-11-17/h8-11,19H,6-7,13H2,1-5H3,(H,25,29). The van der Waals surface area contributed by atoms with E-state index in [1.54, 1.807) is 25.6 Å². The number of furan rings is 1. The van der Waals surface area contributed by atoms with Gasteiger partial charge in [-0.25, -0.2) is 0 Å². The maximum atomic E-state index is 12.9. The molecule has 9 heteroatoms. The lowest BCUT2D eigenvalue weighted by atomic mass is 10.2. The molecule has 168 valence electrons. The highest BCUT2D eigenvalue weighted by atomic mass is 32.2. The summed E-state index contributed by atoms with van der Waals surface area (Å²) in [5, 5.41) is 21.2. The number of nitrogens with one attached hydrogen (secondary N) is 1. The number of hydrogen-bond acceptors (Lipinski definition) is 7. The summed E-state index contributed by atoms with van der Waals surface area (Å²) in [6.45, 7) is 10.4. The highest BCUT2D eigenvalue weighted by molar-refractivity contribution is 8.00. The summed E-state index contributed by atoms with van der Waals surface area (Å²) in [5.74, 6) is 2.19. The zero-order valence-electron chi connectivity index (χ0n) is 18.9. The molecule has 0 aliphatic carbocycles. The van der Waals surface area contributed by atoms with E-state index in [-0.39, 0.29) is 17.0 Å². The molecule has 32 heavy (non-hydrogen) atoms. The fourth-order valence-electron chi connectivity index (χ4n) is 3.10. The average molecular weight is 470 g/mol. The van der Waals surface area contributed by atoms with Crippen molar-refractivity contribution in [2.75, 3.05) is 5.32 Å². The van der Waals surface area contributed by atoms with Crippen LogP contribution >= 0.6 is 23.5 Å². The largest absolute Gasteiger partial charge is 0.444 e. The molecule has 0 aliphatic rings. The van der Waals surface area contributed by atoms with Crippen LogP contribution in [0.25, 0.3) is 0 Å². The number of amides is 1. The van der Waals surface area contributed by atoms with Crippen molar-refractivity contribution in [1.29, 1.82) is 5.26 Å². The quantitative estimate of drug-likeness (QED) is 0.414. The number of hydrogen-bond donors (Lipinski definition) is 1. The highest BCUT2D eigenvalue weighted by Crippen LogP contribution is 2.30. The molecule has 1 atom stereocenters. The molecular weight excluding hydrogens is 442 g/mol. The van der Waals surface area contributed by atoms with Crippen LogP contribution in [0.15, 0.2) is 38.7 Å². The molecule has 0 bridgehead atoms. The van der Waals surface area contributed by atoms with Crippen LogP contribution in [-0.2, 0) is 17.1 Å². The van der Waals surface area contributed by atoms with Gasteiger partial charge in [0.2, 0.25) is 11.8 Å². The first-order valence-electron chi connectivity index (χ1n) is 10.5. The van der Waals surface area contributed by atoms with E-state index in [0.29, 0.717) is 35.2 Å². The van der Waals surface area contributed by atoms with Crippen LogP contribution in [0.2, 0.25) is 0 Å². The van der Waals surface area contributed by atoms with Gasteiger partial charge in [0.15, 0.2) is 5.16 Å². The van der Waals surface area contributed by atoms with E-state index < -0.39 is 0 Å². The number of nitrogens with zero attached hydrogens (tertiary/aromatic N) is 4. The van der Waals surface area contributed by atoms with E-state index in [9.17, 15) is 10.1 Å². The minimum atomic E-state index is -0.389. The van der Waals surface area contributed by atoms with Gasteiger partial charge in [-0.05, 0) is 46.2 Å². The maximum absolute atomic E-state index is 12.9. The van der Waals surface area contributed by atoms with Crippen LogP contribution in [0.4, 0.5) is 5.88 Å². The minimum absolute atomic E-state index is 0.207. The molecular formula is C23H27N5O2S2. The predicted octanol–water partition coefficient (Wildman–Crippen LogP) is 5.49. The van der Waals surface area contributed by atoms with Crippen molar-refractivity contribution < 1.29 is 9.21 Å². The first kappa shape index (κ1) is 24.0. The van der Waals surface area contributed by atoms with Crippen molar-refractivity contribution in [3.8, 4) is 6.07 Å². The molecule has 1 aromatic carbocycles. The van der Waals surface area contributed by atoms with Crippen molar-refractivity contribution in [1.82, 2.24) is 14.8 Å².